The summed E-state index contributed by atoms with van der Waals surface area (Å²) in [4.78, 5) is 29.5. The Kier molecular flexibility index (Phi) is 5.63. The molecular formula is C26H26FN5OS. The molecule has 6 nitrogen and oxygen atoms in total. The van der Waals surface area contributed by atoms with E-state index in [9.17, 15) is 9.18 Å². The van der Waals surface area contributed by atoms with Gasteiger partial charge in [0, 0.05) is 43.3 Å². The maximum Gasteiger partial charge on any atom is 0.262 e. The summed E-state index contributed by atoms with van der Waals surface area (Å²) in [5.74, 6) is 0.762. The zero-order valence-electron chi connectivity index (χ0n) is 18.9. The van der Waals surface area contributed by atoms with E-state index in [1.165, 1.54) is 22.6 Å². The molecule has 0 radical (unpaired) electrons. The summed E-state index contributed by atoms with van der Waals surface area (Å²) in [6.45, 7) is 4.35. The van der Waals surface area contributed by atoms with Crippen molar-refractivity contribution in [2.75, 3.05) is 31.1 Å². The second-order valence-electron chi connectivity index (χ2n) is 9.10. The fraction of sp³-hybridized carbons (Fsp3) is 0.346. The Hall–Kier alpha value is -3.10. The van der Waals surface area contributed by atoms with Gasteiger partial charge in [-0.15, -0.1) is 11.3 Å². The molecule has 1 fully saturated rings. The fourth-order valence-electron chi connectivity index (χ4n) is 5.30. The Labute approximate surface area is 201 Å². The number of aryl methyl sites for hydroxylation is 1. The van der Waals surface area contributed by atoms with Crippen LogP contribution in [-0.2, 0) is 19.4 Å². The monoisotopic (exact) mass is 475 g/mol. The highest BCUT2D eigenvalue weighted by Gasteiger charge is 2.30. The van der Waals surface area contributed by atoms with Crippen LogP contribution >= 0.6 is 11.3 Å². The van der Waals surface area contributed by atoms with Crippen molar-refractivity contribution in [1.29, 1.82) is 0 Å². The highest BCUT2D eigenvalue weighted by Crippen LogP contribution is 2.35. The quantitative estimate of drug-likeness (QED) is 0.450. The summed E-state index contributed by atoms with van der Waals surface area (Å²) in [6, 6.07) is 13.0. The van der Waals surface area contributed by atoms with E-state index < -0.39 is 0 Å². The van der Waals surface area contributed by atoms with Gasteiger partial charge in [-0.05, 0) is 54.7 Å². The van der Waals surface area contributed by atoms with Crippen LogP contribution in [0.1, 0.15) is 22.4 Å². The summed E-state index contributed by atoms with van der Waals surface area (Å²) in [5.41, 5.74) is 1.92. The lowest BCUT2D eigenvalue weighted by Gasteiger charge is -2.41. The van der Waals surface area contributed by atoms with Crippen molar-refractivity contribution < 1.29 is 4.39 Å². The molecule has 1 unspecified atom stereocenters. The molecule has 0 saturated carbocycles. The minimum Gasteiger partial charge on any atom is -0.354 e. The van der Waals surface area contributed by atoms with Crippen LogP contribution in [0.15, 0.2) is 59.8 Å². The van der Waals surface area contributed by atoms with Gasteiger partial charge in [0.15, 0.2) is 0 Å². The summed E-state index contributed by atoms with van der Waals surface area (Å²) < 4.78 is 15.2. The zero-order valence-corrected chi connectivity index (χ0v) is 19.7. The van der Waals surface area contributed by atoms with Crippen LogP contribution in [0.5, 0.6) is 0 Å². The van der Waals surface area contributed by atoms with Crippen LogP contribution in [-0.4, -0.2) is 51.7 Å². The lowest BCUT2D eigenvalue weighted by atomic mass is 9.91. The number of halogens is 1. The standard InChI is InChI=1S/C26H26FN5OS/c27-19-5-3-4-18(14-19)16-32-17-29-25-24(26(32)33)21-8-7-20(15-22(21)34-25)30-10-12-31(13-11-30)23-6-1-2-9-28-23/h1-6,9,14,17,20H,7-8,10-13,15-16H2. The minimum absolute atomic E-state index is 0.0193. The van der Waals surface area contributed by atoms with Crippen molar-refractivity contribution in [2.24, 2.45) is 0 Å². The molecule has 1 aliphatic heterocycles. The molecule has 2 aliphatic rings. The molecule has 1 atom stereocenters. The van der Waals surface area contributed by atoms with Crippen LogP contribution in [0.4, 0.5) is 10.2 Å². The number of benzene rings is 1. The predicted octanol–water partition coefficient (Wildman–Crippen LogP) is 3.72. The Morgan fingerprint density at radius 1 is 1.06 bits per heavy atom. The molecular weight excluding hydrogens is 449 g/mol. The van der Waals surface area contributed by atoms with E-state index in [4.69, 9.17) is 0 Å². The van der Waals surface area contributed by atoms with Gasteiger partial charge < -0.3 is 4.90 Å². The first-order chi connectivity index (χ1) is 16.7. The van der Waals surface area contributed by atoms with Crippen LogP contribution in [0, 0.1) is 5.82 Å². The molecule has 1 aromatic carbocycles. The topological polar surface area (TPSA) is 54.3 Å². The average Bonchev–Trinajstić information content (AvgIpc) is 3.25. The first-order valence-corrected chi connectivity index (χ1v) is 12.6. The maximum atomic E-state index is 13.6. The van der Waals surface area contributed by atoms with Gasteiger partial charge >= 0.3 is 0 Å². The van der Waals surface area contributed by atoms with Gasteiger partial charge in [-0.3, -0.25) is 14.3 Å². The zero-order chi connectivity index (χ0) is 23.1. The van der Waals surface area contributed by atoms with Crippen molar-refractivity contribution in [3.63, 3.8) is 0 Å². The van der Waals surface area contributed by atoms with Crippen LogP contribution in [0.25, 0.3) is 10.2 Å². The molecule has 0 spiro atoms. The van der Waals surface area contributed by atoms with E-state index in [0.29, 0.717) is 12.6 Å². The van der Waals surface area contributed by atoms with Gasteiger partial charge in [0.25, 0.3) is 5.56 Å². The number of rotatable bonds is 4. The number of anilines is 1. The summed E-state index contributed by atoms with van der Waals surface area (Å²) in [5, 5.41) is 0.761. The largest absolute Gasteiger partial charge is 0.354 e. The average molecular weight is 476 g/mol. The van der Waals surface area contributed by atoms with Gasteiger partial charge in [-0.25, -0.2) is 14.4 Å². The number of hydrogen-bond acceptors (Lipinski definition) is 6. The highest BCUT2D eigenvalue weighted by atomic mass is 32.1. The molecule has 1 aliphatic carbocycles. The Bertz CT molecular complexity index is 1380. The van der Waals surface area contributed by atoms with Gasteiger partial charge in [0.1, 0.15) is 16.5 Å². The maximum absolute atomic E-state index is 13.6. The summed E-state index contributed by atoms with van der Waals surface area (Å²) in [7, 11) is 0. The Morgan fingerprint density at radius 3 is 2.74 bits per heavy atom. The van der Waals surface area contributed by atoms with Crippen molar-refractivity contribution in [3.05, 3.63) is 87.2 Å². The van der Waals surface area contributed by atoms with Crippen LogP contribution < -0.4 is 10.5 Å². The molecule has 174 valence electrons. The van der Waals surface area contributed by atoms with E-state index in [-0.39, 0.29) is 11.4 Å². The molecule has 0 amide bonds. The normalized spacial score (nSPS) is 18.9. The fourth-order valence-corrected chi connectivity index (χ4v) is 6.55. The van der Waals surface area contributed by atoms with E-state index >= 15 is 0 Å². The molecule has 4 heterocycles. The van der Waals surface area contributed by atoms with E-state index in [1.807, 2.05) is 24.4 Å². The lowest BCUT2D eigenvalue weighted by Crippen LogP contribution is -2.51. The van der Waals surface area contributed by atoms with Gasteiger partial charge in [0.05, 0.1) is 18.3 Å². The number of pyridine rings is 1. The first-order valence-electron chi connectivity index (χ1n) is 11.8. The van der Waals surface area contributed by atoms with Gasteiger partial charge in [-0.2, -0.15) is 0 Å². The Balaban J connectivity index is 1.19. The van der Waals surface area contributed by atoms with Crippen LogP contribution in [0.2, 0.25) is 0 Å². The first kappa shape index (κ1) is 21.4. The smallest absolute Gasteiger partial charge is 0.262 e. The minimum atomic E-state index is -0.292. The van der Waals surface area contributed by atoms with E-state index in [0.717, 1.165) is 67.0 Å². The number of piperazine rings is 1. The van der Waals surface area contributed by atoms with Crippen molar-refractivity contribution in [2.45, 2.75) is 31.8 Å². The molecule has 0 N–H and O–H groups in total. The second-order valence-corrected chi connectivity index (χ2v) is 10.2. The number of nitrogens with zero attached hydrogens (tertiary/aromatic N) is 5. The highest BCUT2D eigenvalue weighted by molar-refractivity contribution is 7.18. The van der Waals surface area contributed by atoms with Crippen molar-refractivity contribution in [3.8, 4) is 0 Å². The number of fused-ring (bicyclic) bond motifs is 3. The molecule has 0 bridgehead atoms. The summed E-state index contributed by atoms with van der Waals surface area (Å²) in [6.07, 6.45) is 6.39. The second kappa shape index (κ2) is 8.92. The van der Waals surface area contributed by atoms with E-state index in [2.05, 4.69) is 25.8 Å². The molecule has 6 rings (SSSR count). The molecule has 4 aromatic rings. The molecule has 8 heteroatoms. The SMILES string of the molecule is O=c1c2c3c(sc2ncn1Cc1cccc(F)c1)CC(N1CCN(c2ccccn2)CC1)CC3. The van der Waals surface area contributed by atoms with Crippen molar-refractivity contribution in [1.82, 2.24) is 19.4 Å². The predicted molar refractivity (Wildman–Crippen MR) is 133 cm³/mol. The number of hydrogen-bond donors (Lipinski definition) is 0. The number of thiophene rings is 1. The summed E-state index contributed by atoms with van der Waals surface area (Å²) >= 11 is 1.66. The van der Waals surface area contributed by atoms with E-state index in [1.54, 1.807) is 28.3 Å². The third kappa shape index (κ3) is 4.01. The Morgan fingerprint density at radius 2 is 1.94 bits per heavy atom. The van der Waals surface area contributed by atoms with Crippen molar-refractivity contribution >= 4 is 27.4 Å². The van der Waals surface area contributed by atoms with Gasteiger partial charge in [-0.1, -0.05) is 18.2 Å². The number of aromatic nitrogens is 3. The molecule has 3 aromatic heterocycles. The van der Waals surface area contributed by atoms with Gasteiger partial charge in [0.2, 0.25) is 0 Å². The van der Waals surface area contributed by atoms with Crippen LogP contribution in [0.3, 0.4) is 0 Å². The molecule has 1 saturated heterocycles. The lowest BCUT2D eigenvalue weighted by molar-refractivity contribution is 0.171. The third-order valence-corrected chi connectivity index (χ3v) is 8.22. The third-order valence-electron chi connectivity index (χ3n) is 7.06. The molecule has 34 heavy (non-hydrogen) atoms.